The number of amides is 1. The number of rotatable bonds is 3. The molecule has 1 aliphatic rings. The molecule has 1 fully saturated rings. The predicted octanol–water partition coefficient (Wildman–Crippen LogP) is 2.33. The zero-order valence-electron chi connectivity index (χ0n) is 11.5. The van der Waals surface area contributed by atoms with Gasteiger partial charge in [0.15, 0.2) is 0 Å². The van der Waals surface area contributed by atoms with Crippen molar-refractivity contribution < 1.29 is 9.18 Å². The number of primary amides is 1. The van der Waals surface area contributed by atoms with Crippen LogP contribution in [-0.2, 0) is 4.79 Å². The van der Waals surface area contributed by atoms with Crippen LogP contribution in [0.1, 0.15) is 31.9 Å². The third-order valence-corrected chi connectivity index (χ3v) is 3.72. The number of carbonyl (C=O) groups excluding carboxylic acids is 1. The Kier molecular flexibility index (Phi) is 4.20. The lowest BCUT2D eigenvalue weighted by Gasteiger charge is -2.39. The van der Waals surface area contributed by atoms with Crippen LogP contribution in [0.15, 0.2) is 24.3 Å². The molecule has 3 atom stereocenters. The Morgan fingerprint density at radius 3 is 2.26 bits per heavy atom. The van der Waals surface area contributed by atoms with Gasteiger partial charge in [-0.3, -0.25) is 9.69 Å². The average Bonchev–Trinajstić information content (AvgIpc) is 2.30. The van der Waals surface area contributed by atoms with Crippen LogP contribution in [0.2, 0.25) is 0 Å². The van der Waals surface area contributed by atoms with Gasteiger partial charge in [0.25, 0.3) is 0 Å². The number of likely N-dealkylation sites (tertiary alicyclic amines) is 1. The number of benzene rings is 1. The van der Waals surface area contributed by atoms with Crippen LogP contribution in [0, 0.1) is 17.7 Å². The smallest absolute Gasteiger partial charge is 0.239 e. The molecule has 0 saturated carbocycles. The van der Waals surface area contributed by atoms with Gasteiger partial charge >= 0.3 is 0 Å². The van der Waals surface area contributed by atoms with Crippen LogP contribution in [-0.4, -0.2) is 23.9 Å². The highest BCUT2D eigenvalue weighted by molar-refractivity contribution is 5.81. The summed E-state index contributed by atoms with van der Waals surface area (Å²) in [5.41, 5.74) is 6.33. The molecule has 1 aliphatic heterocycles. The van der Waals surface area contributed by atoms with E-state index in [4.69, 9.17) is 5.73 Å². The van der Waals surface area contributed by atoms with Crippen LogP contribution >= 0.6 is 0 Å². The number of nitrogens with two attached hydrogens (primary N) is 1. The van der Waals surface area contributed by atoms with Gasteiger partial charge in [-0.2, -0.15) is 0 Å². The van der Waals surface area contributed by atoms with Crippen molar-refractivity contribution in [2.45, 2.75) is 26.3 Å². The Hall–Kier alpha value is -1.42. The SMILES string of the molecule is C[C@@H]1C[C@@H](C)CN([C@H](C(N)=O)c2ccc(F)cc2)C1. The third-order valence-electron chi connectivity index (χ3n) is 3.72. The molecule has 0 radical (unpaired) electrons. The number of piperidine rings is 1. The summed E-state index contributed by atoms with van der Waals surface area (Å²) in [5, 5.41) is 0. The minimum Gasteiger partial charge on any atom is -0.368 e. The zero-order chi connectivity index (χ0) is 14.0. The van der Waals surface area contributed by atoms with Gasteiger partial charge in [-0.05, 0) is 36.0 Å². The number of carbonyl (C=O) groups is 1. The summed E-state index contributed by atoms with van der Waals surface area (Å²) in [5.74, 6) is 0.428. The average molecular weight is 264 g/mol. The topological polar surface area (TPSA) is 46.3 Å². The molecule has 2 N–H and O–H groups in total. The van der Waals surface area contributed by atoms with Crippen LogP contribution < -0.4 is 5.73 Å². The van der Waals surface area contributed by atoms with Crippen molar-refractivity contribution >= 4 is 5.91 Å². The first-order chi connectivity index (χ1) is 8.97. The molecule has 3 nitrogen and oxygen atoms in total. The molecule has 19 heavy (non-hydrogen) atoms. The zero-order valence-corrected chi connectivity index (χ0v) is 11.5. The molecule has 4 heteroatoms. The van der Waals surface area contributed by atoms with Crippen molar-refractivity contribution in [3.63, 3.8) is 0 Å². The number of hydrogen-bond donors (Lipinski definition) is 1. The van der Waals surface area contributed by atoms with Gasteiger partial charge < -0.3 is 5.73 Å². The Morgan fingerprint density at radius 2 is 1.79 bits per heavy atom. The number of nitrogens with zero attached hydrogens (tertiary/aromatic N) is 1. The Labute approximate surface area is 113 Å². The Bertz CT molecular complexity index is 436. The summed E-state index contributed by atoms with van der Waals surface area (Å²) in [6.45, 7) is 6.08. The molecule has 104 valence electrons. The molecule has 1 saturated heterocycles. The van der Waals surface area contributed by atoms with Gasteiger partial charge in [-0.15, -0.1) is 0 Å². The monoisotopic (exact) mass is 264 g/mol. The maximum Gasteiger partial charge on any atom is 0.239 e. The molecule has 0 aliphatic carbocycles. The molecule has 1 aromatic rings. The van der Waals surface area contributed by atoms with Crippen LogP contribution in [0.4, 0.5) is 4.39 Å². The van der Waals surface area contributed by atoms with E-state index in [9.17, 15) is 9.18 Å². The third kappa shape index (κ3) is 3.32. The standard InChI is InChI=1S/C15H21FN2O/c1-10-7-11(2)9-18(8-10)14(15(17)19)12-3-5-13(16)6-4-12/h3-6,10-11,14H,7-9H2,1-2H3,(H2,17,19)/t10-,11-,14+/m1/s1. The maximum absolute atomic E-state index is 13.0. The molecule has 2 rings (SSSR count). The summed E-state index contributed by atoms with van der Waals surface area (Å²) < 4.78 is 13.0. The largest absolute Gasteiger partial charge is 0.368 e. The second kappa shape index (κ2) is 5.70. The van der Waals surface area contributed by atoms with E-state index in [0.717, 1.165) is 18.7 Å². The van der Waals surface area contributed by atoms with Crippen LogP contribution in [0.5, 0.6) is 0 Å². The predicted molar refractivity (Wildman–Crippen MR) is 72.9 cm³/mol. The van der Waals surface area contributed by atoms with Gasteiger partial charge in [0.1, 0.15) is 11.9 Å². The molecule has 0 spiro atoms. The van der Waals surface area contributed by atoms with Gasteiger partial charge in [0.05, 0.1) is 0 Å². The summed E-state index contributed by atoms with van der Waals surface area (Å²) in [7, 11) is 0. The fraction of sp³-hybridized carbons (Fsp3) is 0.533. The lowest BCUT2D eigenvalue weighted by molar-refractivity contribution is -0.124. The second-order valence-electron chi connectivity index (χ2n) is 5.76. The fourth-order valence-corrected chi connectivity index (χ4v) is 3.12. The highest BCUT2D eigenvalue weighted by atomic mass is 19.1. The molecule has 1 amide bonds. The number of halogens is 1. The van der Waals surface area contributed by atoms with Crippen molar-refractivity contribution in [1.82, 2.24) is 4.90 Å². The van der Waals surface area contributed by atoms with E-state index in [1.165, 1.54) is 18.6 Å². The van der Waals surface area contributed by atoms with E-state index >= 15 is 0 Å². The van der Waals surface area contributed by atoms with Crippen LogP contribution in [0.25, 0.3) is 0 Å². The quantitative estimate of drug-likeness (QED) is 0.910. The van der Waals surface area contributed by atoms with Crippen molar-refractivity contribution in [1.29, 1.82) is 0 Å². The Balaban J connectivity index is 2.24. The van der Waals surface area contributed by atoms with E-state index < -0.39 is 6.04 Å². The van der Waals surface area contributed by atoms with E-state index in [1.54, 1.807) is 12.1 Å². The van der Waals surface area contributed by atoms with Gasteiger partial charge in [-0.25, -0.2) is 4.39 Å². The molecule has 1 heterocycles. The van der Waals surface area contributed by atoms with Gasteiger partial charge in [0.2, 0.25) is 5.91 Å². The van der Waals surface area contributed by atoms with E-state index in [-0.39, 0.29) is 11.7 Å². The first-order valence-electron chi connectivity index (χ1n) is 6.76. The first kappa shape index (κ1) is 14.0. The highest BCUT2D eigenvalue weighted by Crippen LogP contribution is 2.29. The maximum atomic E-state index is 13.0. The molecule has 0 unspecified atom stereocenters. The minimum absolute atomic E-state index is 0.299. The summed E-state index contributed by atoms with van der Waals surface area (Å²) in [6, 6.07) is 5.60. The minimum atomic E-state index is -0.453. The Morgan fingerprint density at radius 1 is 1.26 bits per heavy atom. The van der Waals surface area contributed by atoms with Crippen LogP contribution in [0.3, 0.4) is 0 Å². The summed E-state index contributed by atoms with van der Waals surface area (Å²) in [4.78, 5) is 13.9. The molecular weight excluding hydrogens is 243 g/mol. The fourth-order valence-electron chi connectivity index (χ4n) is 3.12. The van der Waals surface area contributed by atoms with E-state index in [2.05, 4.69) is 18.7 Å². The van der Waals surface area contributed by atoms with Gasteiger partial charge in [-0.1, -0.05) is 26.0 Å². The molecule has 0 aromatic heterocycles. The highest BCUT2D eigenvalue weighted by Gasteiger charge is 2.31. The normalized spacial score (nSPS) is 26.1. The van der Waals surface area contributed by atoms with Gasteiger partial charge in [0, 0.05) is 13.1 Å². The molecule has 1 aromatic carbocycles. The second-order valence-corrected chi connectivity index (χ2v) is 5.76. The lowest BCUT2D eigenvalue weighted by atomic mass is 9.89. The van der Waals surface area contributed by atoms with Crippen molar-refractivity contribution in [3.8, 4) is 0 Å². The van der Waals surface area contributed by atoms with Crippen molar-refractivity contribution in [2.75, 3.05) is 13.1 Å². The van der Waals surface area contributed by atoms with E-state index in [0.29, 0.717) is 11.8 Å². The molecular formula is C15H21FN2O. The van der Waals surface area contributed by atoms with Crippen molar-refractivity contribution in [2.24, 2.45) is 17.6 Å². The lowest BCUT2D eigenvalue weighted by Crippen LogP contribution is -2.45. The summed E-state index contributed by atoms with van der Waals surface area (Å²) in [6.07, 6.45) is 1.17. The van der Waals surface area contributed by atoms with E-state index in [1.807, 2.05) is 0 Å². The first-order valence-corrected chi connectivity index (χ1v) is 6.76. The van der Waals surface area contributed by atoms with Crippen molar-refractivity contribution in [3.05, 3.63) is 35.6 Å². The number of hydrogen-bond acceptors (Lipinski definition) is 2. The molecule has 0 bridgehead atoms. The summed E-state index contributed by atoms with van der Waals surface area (Å²) >= 11 is 0.